The van der Waals surface area contributed by atoms with Crippen LogP contribution in [0.2, 0.25) is 10.0 Å². The summed E-state index contributed by atoms with van der Waals surface area (Å²) in [4.78, 5) is 4.03. The molecule has 0 amide bonds. The fourth-order valence-electron chi connectivity index (χ4n) is 2.11. The van der Waals surface area contributed by atoms with Crippen molar-refractivity contribution in [2.75, 3.05) is 0 Å². The number of aromatic nitrogens is 1. The van der Waals surface area contributed by atoms with Gasteiger partial charge in [-0.15, -0.1) is 11.3 Å². The molecule has 0 saturated carbocycles. The van der Waals surface area contributed by atoms with Crippen molar-refractivity contribution in [3.8, 4) is 5.75 Å². The number of hydrogen-bond acceptors (Lipinski definition) is 3. The van der Waals surface area contributed by atoms with Crippen LogP contribution in [-0.4, -0.2) is 4.98 Å². The van der Waals surface area contributed by atoms with Crippen LogP contribution in [0, 0.1) is 11.6 Å². The lowest BCUT2D eigenvalue weighted by atomic mass is 10.1. The molecule has 0 aliphatic heterocycles. The highest BCUT2D eigenvalue weighted by molar-refractivity contribution is 7.16. The third-order valence-electron chi connectivity index (χ3n) is 3.17. The molecule has 0 saturated heterocycles. The molecule has 1 unspecified atom stereocenters. The first-order chi connectivity index (χ1) is 10.5. The van der Waals surface area contributed by atoms with Crippen molar-refractivity contribution in [1.29, 1.82) is 0 Å². The molecule has 0 fully saturated rings. The van der Waals surface area contributed by atoms with Gasteiger partial charge in [-0.3, -0.25) is 0 Å². The lowest BCUT2D eigenvalue weighted by Crippen LogP contribution is -2.06. The second-order valence-electron chi connectivity index (χ2n) is 4.62. The fourth-order valence-corrected chi connectivity index (χ4v) is 3.48. The average Bonchev–Trinajstić information content (AvgIpc) is 2.91. The van der Waals surface area contributed by atoms with Gasteiger partial charge in [0.15, 0.2) is 11.6 Å². The summed E-state index contributed by atoms with van der Waals surface area (Å²) in [7, 11) is 0. The Labute approximate surface area is 139 Å². The molecule has 0 radical (unpaired) electrons. The summed E-state index contributed by atoms with van der Waals surface area (Å²) in [6.07, 6.45) is -0.712. The van der Waals surface area contributed by atoms with Crippen molar-refractivity contribution < 1.29 is 13.5 Å². The van der Waals surface area contributed by atoms with Crippen LogP contribution >= 0.6 is 34.5 Å². The van der Waals surface area contributed by atoms with Crippen molar-refractivity contribution in [3.63, 3.8) is 0 Å². The van der Waals surface area contributed by atoms with Gasteiger partial charge in [0.25, 0.3) is 0 Å². The highest BCUT2D eigenvalue weighted by atomic mass is 35.5. The SMILES string of the molecule is CC(Oc1cc2scnc2cc1F)c1c(Cl)ccc(F)c1Cl. The minimum atomic E-state index is -0.712. The van der Waals surface area contributed by atoms with Crippen LogP contribution in [-0.2, 0) is 0 Å². The van der Waals surface area contributed by atoms with E-state index in [-0.39, 0.29) is 21.4 Å². The monoisotopic (exact) mass is 359 g/mol. The molecule has 0 aliphatic rings. The van der Waals surface area contributed by atoms with Gasteiger partial charge >= 0.3 is 0 Å². The molecule has 3 aromatic rings. The number of fused-ring (bicyclic) bond motifs is 1. The second-order valence-corrected chi connectivity index (χ2v) is 6.29. The van der Waals surface area contributed by atoms with E-state index in [0.717, 1.165) is 4.70 Å². The number of nitrogens with zero attached hydrogens (tertiary/aromatic N) is 1. The van der Waals surface area contributed by atoms with Gasteiger partial charge in [-0.05, 0) is 19.1 Å². The molecule has 114 valence electrons. The van der Waals surface area contributed by atoms with Crippen LogP contribution in [0.5, 0.6) is 5.75 Å². The van der Waals surface area contributed by atoms with Gasteiger partial charge in [-0.1, -0.05) is 23.2 Å². The zero-order valence-corrected chi connectivity index (χ0v) is 13.6. The van der Waals surface area contributed by atoms with Crippen LogP contribution in [0.4, 0.5) is 8.78 Å². The lowest BCUT2D eigenvalue weighted by molar-refractivity contribution is 0.216. The first-order valence-electron chi connectivity index (χ1n) is 6.30. The molecule has 0 aliphatic carbocycles. The van der Waals surface area contributed by atoms with E-state index >= 15 is 0 Å². The molecule has 2 nitrogen and oxygen atoms in total. The molecule has 7 heteroatoms. The summed E-state index contributed by atoms with van der Waals surface area (Å²) in [5.41, 5.74) is 2.47. The summed E-state index contributed by atoms with van der Waals surface area (Å²) < 4.78 is 34.0. The van der Waals surface area contributed by atoms with Crippen molar-refractivity contribution in [1.82, 2.24) is 4.98 Å². The van der Waals surface area contributed by atoms with E-state index in [2.05, 4.69) is 4.98 Å². The Hall–Kier alpha value is -1.43. The number of hydrogen-bond donors (Lipinski definition) is 0. The summed E-state index contributed by atoms with van der Waals surface area (Å²) in [5.74, 6) is -1.11. The smallest absolute Gasteiger partial charge is 0.167 e. The van der Waals surface area contributed by atoms with Crippen molar-refractivity contribution in [2.45, 2.75) is 13.0 Å². The largest absolute Gasteiger partial charge is 0.483 e. The highest BCUT2D eigenvalue weighted by Crippen LogP contribution is 2.36. The maximum atomic E-state index is 14.1. The molecule has 0 spiro atoms. The minimum Gasteiger partial charge on any atom is -0.483 e. The van der Waals surface area contributed by atoms with Gasteiger partial charge in [0, 0.05) is 22.7 Å². The Morgan fingerprint density at radius 1 is 1.18 bits per heavy atom. The van der Waals surface area contributed by atoms with E-state index in [1.54, 1.807) is 18.5 Å². The molecule has 0 N–H and O–H groups in total. The second kappa shape index (κ2) is 5.99. The van der Waals surface area contributed by atoms with E-state index < -0.39 is 17.7 Å². The number of halogens is 4. The minimum absolute atomic E-state index is 0.0423. The van der Waals surface area contributed by atoms with Crippen LogP contribution in [0.15, 0.2) is 29.8 Å². The van der Waals surface area contributed by atoms with E-state index in [4.69, 9.17) is 27.9 Å². The normalized spacial score (nSPS) is 12.6. The Bertz CT molecular complexity index is 853. The molecule has 2 aromatic carbocycles. The molecular formula is C15H9Cl2F2NOS. The Kier molecular flexibility index (Phi) is 4.21. The number of benzene rings is 2. The van der Waals surface area contributed by atoms with Gasteiger partial charge in [0.1, 0.15) is 11.9 Å². The molecule has 1 heterocycles. The Morgan fingerprint density at radius 2 is 1.95 bits per heavy atom. The van der Waals surface area contributed by atoms with Crippen molar-refractivity contribution >= 4 is 44.8 Å². The molecule has 1 atom stereocenters. The molecule has 22 heavy (non-hydrogen) atoms. The van der Waals surface area contributed by atoms with Gasteiger partial charge in [-0.2, -0.15) is 0 Å². The number of rotatable bonds is 3. The van der Waals surface area contributed by atoms with E-state index in [9.17, 15) is 8.78 Å². The third kappa shape index (κ3) is 2.76. The third-order valence-corrected chi connectivity index (χ3v) is 4.68. The van der Waals surface area contributed by atoms with Gasteiger partial charge in [0.05, 0.1) is 20.7 Å². The van der Waals surface area contributed by atoms with Crippen molar-refractivity contribution in [3.05, 3.63) is 57.0 Å². The van der Waals surface area contributed by atoms with Crippen LogP contribution in [0.25, 0.3) is 10.2 Å². The van der Waals surface area contributed by atoms with Crippen molar-refractivity contribution in [2.24, 2.45) is 0 Å². The Balaban J connectivity index is 1.98. The first kappa shape index (κ1) is 15.5. The molecule has 1 aromatic heterocycles. The predicted molar refractivity (Wildman–Crippen MR) is 85.0 cm³/mol. The number of ether oxygens (including phenoxy) is 1. The maximum Gasteiger partial charge on any atom is 0.167 e. The quantitative estimate of drug-likeness (QED) is 0.533. The van der Waals surface area contributed by atoms with E-state index in [0.29, 0.717) is 5.52 Å². The van der Waals surface area contributed by atoms with Gasteiger partial charge in [0.2, 0.25) is 0 Å². The standard InChI is InChI=1S/C15H9Cl2F2NOS/c1-7(14-8(16)2-3-9(18)15(14)17)21-12-5-13-11(4-10(12)19)20-6-22-13/h2-7H,1H3. The Morgan fingerprint density at radius 3 is 2.73 bits per heavy atom. The summed E-state index contributed by atoms with van der Waals surface area (Å²) in [5, 5.41) is 0.137. The lowest BCUT2D eigenvalue weighted by Gasteiger charge is -2.18. The number of thiazole rings is 1. The zero-order chi connectivity index (χ0) is 15.9. The molecule has 0 bridgehead atoms. The van der Waals surface area contributed by atoms with Crippen LogP contribution in [0.1, 0.15) is 18.6 Å². The predicted octanol–water partition coefficient (Wildman–Crippen LogP) is 6.02. The highest BCUT2D eigenvalue weighted by Gasteiger charge is 2.20. The molecular weight excluding hydrogens is 351 g/mol. The van der Waals surface area contributed by atoms with Gasteiger partial charge < -0.3 is 4.74 Å². The zero-order valence-electron chi connectivity index (χ0n) is 11.2. The van der Waals surface area contributed by atoms with E-state index in [1.165, 1.54) is 29.5 Å². The summed E-state index contributed by atoms with van der Waals surface area (Å²) in [6, 6.07) is 5.41. The van der Waals surface area contributed by atoms with Crippen LogP contribution in [0.3, 0.4) is 0 Å². The van der Waals surface area contributed by atoms with Gasteiger partial charge in [-0.25, -0.2) is 13.8 Å². The average molecular weight is 360 g/mol. The van der Waals surface area contributed by atoms with E-state index in [1.807, 2.05) is 0 Å². The topological polar surface area (TPSA) is 22.1 Å². The molecule has 3 rings (SSSR count). The first-order valence-corrected chi connectivity index (χ1v) is 7.93. The summed E-state index contributed by atoms with van der Waals surface area (Å²) in [6.45, 7) is 1.63. The summed E-state index contributed by atoms with van der Waals surface area (Å²) >= 11 is 13.4. The maximum absolute atomic E-state index is 14.1. The fraction of sp³-hybridized carbons (Fsp3) is 0.133. The van der Waals surface area contributed by atoms with Crippen LogP contribution < -0.4 is 4.74 Å².